The van der Waals surface area contributed by atoms with Crippen LogP contribution in [0.5, 0.6) is 0 Å². The van der Waals surface area contributed by atoms with Gasteiger partial charge in [0.15, 0.2) is 0 Å². The summed E-state index contributed by atoms with van der Waals surface area (Å²) in [5, 5.41) is 20.2. The van der Waals surface area contributed by atoms with E-state index in [1.165, 1.54) is 4.80 Å². The third kappa shape index (κ3) is 3.65. The van der Waals surface area contributed by atoms with Gasteiger partial charge >= 0.3 is 0 Å². The summed E-state index contributed by atoms with van der Waals surface area (Å²) in [7, 11) is 0. The van der Waals surface area contributed by atoms with Crippen molar-refractivity contribution in [1.29, 1.82) is 5.26 Å². The van der Waals surface area contributed by atoms with Gasteiger partial charge in [0.25, 0.3) is 5.91 Å². The van der Waals surface area contributed by atoms with E-state index < -0.39 is 0 Å². The van der Waals surface area contributed by atoms with Crippen LogP contribution in [0.15, 0.2) is 67.0 Å². The highest BCUT2D eigenvalue weighted by Gasteiger charge is 2.17. The lowest BCUT2D eigenvalue weighted by molar-refractivity contribution is 0.0930. The molecule has 0 aliphatic rings. The molecular formula is C18H15N5O. The van der Waals surface area contributed by atoms with Crippen molar-refractivity contribution in [3.8, 4) is 6.07 Å². The third-order valence-electron chi connectivity index (χ3n) is 3.57. The Labute approximate surface area is 139 Å². The van der Waals surface area contributed by atoms with E-state index in [0.29, 0.717) is 17.7 Å². The fourth-order valence-electron chi connectivity index (χ4n) is 2.39. The Morgan fingerprint density at radius 3 is 2.58 bits per heavy atom. The van der Waals surface area contributed by atoms with E-state index in [1.54, 1.807) is 36.7 Å². The monoisotopic (exact) mass is 317 g/mol. The number of aromatic nitrogens is 3. The van der Waals surface area contributed by atoms with Crippen LogP contribution in [0.1, 0.15) is 27.5 Å². The molecule has 3 aromatic rings. The zero-order valence-electron chi connectivity index (χ0n) is 12.8. The summed E-state index contributed by atoms with van der Waals surface area (Å²) in [5.74, 6) is -0.242. The highest BCUT2D eigenvalue weighted by molar-refractivity contribution is 5.94. The number of nitriles is 1. The predicted molar refractivity (Wildman–Crippen MR) is 87.8 cm³/mol. The van der Waals surface area contributed by atoms with Crippen LogP contribution in [-0.4, -0.2) is 20.9 Å². The molecule has 1 amide bonds. The summed E-state index contributed by atoms with van der Waals surface area (Å²) < 4.78 is 0. The van der Waals surface area contributed by atoms with Gasteiger partial charge in [-0.2, -0.15) is 20.3 Å². The molecule has 24 heavy (non-hydrogen) atoms. The average Bonchev–Trinajstić information content (AvgIpc) is 3.15. The molecule has 1 aromatic heterocycles. The number of hydrogen-bond donors (Lipinski definition) is 1. The maximum absolute atomic E-state index is 12.6. The van der Waals surface area contributed by atoms with Gasteiger partial charge in [-0.25, -0.2) is 0 Å². The molecule has 0 aliphatic heterocycles. The van der Waals surface area contributed by atoms with E-state index in [-0.39, 0.29) is 11.9 Å². The average molecular weight is 317 g/mol. The zero-order chi connectivity index (χ0) is 16.8. The smallest absolute Gasteiger partial charge is 0.251 e. The first-order valence-electron chi connectivity index (χ1n) is 7.46. The minimum Gasteiger partial charge on any atom is -0.343 e. The second-order valence-corrected chi connectivity index (χ2v) is 5.21. The van der Waals surface area contributed by atoms with Crippen molar-refractivity contribution in [2.24, 2.45) is 0 Å². The molecule has 118 valence electrons. The predicted octanol–water partition coefficient (Wildman–Crippen LogP) is 2.32. The number of carbonyl (C=O) groups excluding carboxylic acids is 1. The van der Waals surface area contributed by atoms with Gasteiger partial charge in [-0.05, 0) is 23.8 Å². The highest BCUT2D eigenvalue weighted by atomic mass is 16.1. The number of amides is 1. The number of nitrogens with one attached hydrogen (secondary N) is 1. The van der Waals surface area contributed by atoms with Crippen LogP contribution in [-0.2, 0) is 6.54 Å². The largest absolute Gasteiger partial charge is 0.343 e. The lowest BCUT2D eigenvalue weighted by Crippen LogP contribution is -2.32. The maximum Gasteiger partial charge on any atom is 0.251 e. The molecule has 0 spiro atoms. The summed E-state index contributed by atoms with van der Waals surface area (Å²) in [6.45, 7) is 0.417. The Kier molecular flexibility index (Phi) is 4.63. The Morgan fingerprint density at radius 2 is 1.88 bits per heavy atom. The molecule has 2 aromatic carbocycles. The molecule has 0 saturated heterocycles. The van der Waals surface area contributed by atoms with E-state index in [1.807, 2.05) is 36.4 Å². The molecule has 0 radical (unpaired) electrons. The van der Waals surface area contributed by atoms with Crippen LogP contribution >= 0.6 is 0 Å². The summed E-state index contributed by atoms with van der Waals surface area (Å²) in [4.78, 5) is 14.1. The first kappa shape index (κ1) is 15.4. The lowest BCUT2D eigenvalue weighted by atomic mass is 10.1. The minimum absolute atomic E-state index is 0.242. The van der Waals surface area contributed by atoms with Crippen molar-refractivity contribution in [3.63, 3.8) is 0 Å². The molecule has 1 atom stereocenters. The normalized spacial score (nSPS) is 11.5. The number of hydrogen-bond acceptors (Lipinski definition) is 4. The van der Waals surface area contributed by atoms with Gasteiger partial charge in [0.2, 0.25) is 0 Å². The van der Waals surface area contributed by atoms with Gasteiger partial charge in [-0.3, -0.25) is 4.79 Å². The van der Waals surface area contributed by atoms with Crippen LogP contribution in [0.4, 0.5) is 0 Å². The molecule has 1 heterocycles. The summed E-state index contributed by atoms with van der Waals surface area (Å²) in [5.41, 5.74) is 1.86. The van der Waals surface area contributed by atoms with E-state index >= 15 is 0 Å². The Hall–Kier alpha value is -3.46. The molecule has 0 aliphatic carbocycles. The molecular weight excluding hydrogens is 302 g/mol. The Morgan fingerprint density at radius 1 is 1.12 bits per heavy atom. The molecule has 0 saturated carbocycles. The number of rotatable bonds is 5. The first-order chi connectivity index (χ1) is 11.8. The second-order valence-electron chi connectivity index (χ2n) is 5.21. The van der Waals surface area contributed by atoms with Crippen molar-refractivity contribution in [1.82, 2.24) is 20.3 Å². The second kappa shape index (κ2) is 7.20. The van der Waals surface area contributed by atoms with E-state index in [4.69, 9.17) is 5.26 Å². The van der Waals surface area contributed by atoms with Crippen LogP contribution in [0.3, 0.4) is 0 Å². The van der Waals surface area contributed by atoms with Gasteiger partial charge in [0.1, 0.15) is 0 Å². The Bertz CT molecular complexity index is 853. The van der Waals surface area contributed by atoms with Gasteiger partial charge in [-0.1, -0.05) is 36.4 Å². The molecule has 1 N–H and O–H groups in total. The van der Waals surface area contributed by atoms with Crippen molar-refractivity contribution < 1.29 is 4.79 Å². The number of benzene rings is 2. The number of carbonyl (C=O) groups is 1. The summed E-state index contributed by atoms with van der Waals surface area (Å²) >= 11 is 0. The minimum atomic E-state index is -0.281. The van der Waals surface area contributed by atoms with E-state index in [0.717, 1.165) is 5.56 Å². The summed E-state index contributed by atoms with van der Waals surface area (Å²) in [6.07, 6.45) is 3.19. The maximum atomic E-state index is 12.6. The van der Waals surface area contributed by atoms with Gasteiger partial charge in [-0.15, -0.1) is 0 Å². The molecule has 3 rings (SSSR count). The first-order valence-corrected chi connectivity index (χ1v) is 7.46. The quantitative estimate of drug-likeness (QED) is 0.782. The standard InChI is InChI=1S/C18H15N5O/c19-12-14-5-4-8-16(11-14)18(24)22-17(13-23-20-9-10-21-23)15-6-2-1-3-7-15/h1-11,17H,13H2,(H,22,24). The molecule has 6 nitrogen and oxygen atoms in total. The van der Waals surface area contributed by atoms with Crippen molar-refractivity contribution in [3.05, 3.63) is 83.7 Å². The highest BCUT2D eigenvalue weighted by Crippen LogP contribution is 2.15. The van der Waals surface area contributed by atoms with E-state index in [9.17, 15) is 4.79 Å². The number of nitrogens with zero attached hydrogens (tertiary/aromatic N) is 4. The topological polar surface area (TPSA) is 83.6 Å². The summed E-state index contributed by atoms with van der Waals surface area (Å²) in [6, 6.07) is 18.0. The van der Waals surface area contributed by atoms with Gasteiger partial charge in [0.05, 0.1) is 36.6 Å². The fourth-order valence-corrected chi connectivity index (χ4v) is 2.39. The van der Waals surface area contributed by atoms with Gasteiger partial charge < -0.3 is 5.32 Å². The van der Waals surface area contributed by atoms with Crippen molar-refractivity contribution >= 4 is 5.91 Å². The van der Waals surface area contributed by atoms with Crippen molar-refractivity contribution in [2.75, 3.05) is 0 Å². The van der Waals surface area contributed by atoms with Crippen LogP contribution in [0, 0.1) is 11.3 Å². The van der Waals surface area contributed by atoms with Crippen molar-refractivity contribution in [2.45, 2.75) is 12.6 Å². The SMILES string of the molecule is N#Cc1cccc(C(=O)NC(Cn2nccn2)c2ccccc2)c1. The molecule has 0 bridgehead atoms. The lowest BCUT2D eigenvalue weighted by Gasteiger charge is -2.19. The fraction of sp³-hybridized carbons (Fsp3) is 0.111. The van der Waals surface area contributed by atoms with E-state index in [2.05, 4.69) is 15.5 Å². The van der Waals surface area contributed by atoms with Gasteiger partial charge in [0, 0.05) is 5.56 Å². The van der Waals surface area contributed by atoms with Crippen LogP contribution in [0.25, 0.3) is 0 Å². The Balaban J connectivity index is 1.83. The zero-order valence-corrected chi connectivity index (χ0v) is 12.8. The van der Waals surface area contributed by atoms with Crippen LogP contribution in [0.2, 0.25) is 0 Å². The van der Waals surface area contributed by atoms with Crippen LogP contribution < -0.4 is 5.32 Å². The third-order valence-corrected chi connectivity index (χ3v) is 3.57. The molecule has 1 unspecified atom stereocenters. The molecule has 6 heteroatoms. The molecule has 0 fully saturated rings.